The number of piperazine rings is 1. The number of ether oxygens (including phenoxy) is 4. The van der Waals surface area contributed by atoms with E-state index in [2.05, 4.69) is 57.9 Å². The first-order valence-electron chi connectivity index (χ1n) is 17.7. The van der Waals surface area contributed by atoms with Gasteiger partial charge in [0.15, 0.2) is 5.75 Å². The summed E-state index contributed by atoms with van der Waals surface area (Å²) in [5.41, 5.74) is 6.06. The van der Waals surface area contributed by atoms with E-state index in [-0.39, 0.29) is 30.7 Å². The van der Waals surface area contributed by atoms with Crippen LogP contribution in [0.5, 0.6) is 28.9 Å². The van der Waals surface area contributed by atoms with E-state index >= 15 is 0 Å². The molecule has 12 heteroatoms. The minimum atomic E-state index is -2.87. The maximum atomic E-state index is 13.1. The van der Waals surface area contributed by atoms with Crippen LogP contribution in [0, 0.1) is 13.8 Å². The molecule has 0 aliphatic carbocycles. The molecule has 0 spiro atoms. The van der Waals surface area contributed by atoms with Crippen molar-refractivity contribution in [2.45, 2.75) is 40.0 Å². The number of benzene rings is 4. The molecular weight excluding hydrogens is 747 g/mol. The maximum Gasteiger partial charge on any atom is 0.387 e. The molecule has 4 aromatic carbocycles. The van der Waals surface area contributed by atoms with E-state index in [0.29, 0.717) is 42.1 Å². The smallest absolute Gasteiger partial charge is 0.387 e. The third-order valence-corrected chi connectivity index (χ3v) is 9.21. The molecule has 2 heterocycles. The zero-order chi connectivity index (χ0) is 37.9. The van der Waals surface area contributed by atoms with Crippen molar-refractivity contribution in [3.8, 4) is 28.9 Å². The van der Waals surface area contributed by atoms with Gasteiger partial charge in [-0.25, -0.2) is 4.98 Å². The molecule has 0 atom stereocenters. The van der Waals surface area contributed by atoms with Gasteiger partial charge in [0.2, 0.25) is 11.8 Å². The molecule has 0 radical (unpaired) electrons. The van der Waals surface area contributed by atoms with Gasteiger partial charge in [-0.15, -0.1) is 12.4 Å². The van der Waals surface area contributed by atoms with Crippen LogP contribution in [0.3, 0.4) is 0 Å². The van der Waals surface area contributed by atoms with Crippen molar-refractivity contribution in [2.75, 3.05) is 32.8 Å². The summed E-state index contributed by atoms with van der Waals surface area (Å²) in [6.45, 7) is 5.70. The van der Waals surface area contributed by atoms with Crippen LogP contribution in [-0.2, 0) is 24.4 Å². The number of alkyl halides is 2. The zero-order valence-corrected chi connectivity index (χ0v) is 32.2. The first-order chi connectivity index (χ1) is 26.2. The molecule has 1 aliphatic heterocycles. The number of hydrogen-bond acceptors (Lipinski definition) is 7. The topological polar surface area (TPSA) is 73.4 Å². The summed E-state index contributed by atoms with van der Waals surface area (Å²) in [5, 5.41) is 0.390. The van der Waals surface area contributed by atoms with Gasteiger partial charge in [0.1, 0.15) is 23.9 Å². The third-order valence-electron chi connectivity index (χ3n) is 8.93. The fourth-order valence-corrected chi connectivity index (χ4v) is 6.24. The van der Waals surface area contributed by atoms with E-state index < -0.39 is 6.61 Å². The number of nitrogens with zero attached hydrogens (tertiary/aromatic N) is 3. The predicted octanol–water partition coefficient (Wildman–Crippen LogP) is 9.73. The number of aryl methyl sites for hydroxylation is 2. The van der Waals surface area contributed by atoms with E-state index in [9.17, 15) is 13.6 Å². The number of halogens is 4. The Morgan fingerprint density at radius 3 is 2.13 bits per heavy atom. The fraction of sp³-hybridized carbons (Fsp3) is 0.256. The van der Waals surface area contributed by atoms with Gasteiger partial charge in [0.05, 0.1) is 17.8 Å². The van der Waals surface area contributed by atoms with Gasteiger partial charge in [0.25, 0.3) is 0 Å². The number of aromatic nitrogens is 1. The second-order valence-electron chi connectivity index (χ2n) is 13.1. The van der Waals surface area contributed by atoms with Gasteiger partial charge in [-0.2, -0.15) is 8.78 Å². The highest BCUT2D eigenvalue weighted by atomic mass is 35.5. The Bertz CT molecular complexity index is 1980. The summed E-state index contributed by atoms with van der Waals surface area (Å²) in [6.07, 6.45) is 5.74. The quantitative estimate of drug-likeness (QED) is 0.0979. The molecule has 1 saturated heterocycles. The summed E-state index contributed by atoms with van der Waals surface area (Å²) in [4.78, 5) is 21.6. The van der Waals surface area contributed by atoms with Crippen LogP contribution in [0.25, 0.3) is 6.08 Å². The molecule has 1 aromatic heterocycles. The highest BCUT2D eigenvalue weighted by Gasteiger charge is 2.20. The van der Waals surface area contributed by atoms with Gasteiger partial charge >= 0.3 is 6.61 Å². The normalized spacial score (nSPS) is 13.1. The van der Waals surface area contributed by atoms with Crippen molar-refractivity contribution < 1.29 is 32.5 Å². The number of hydrogen-bond donors (Lipinski definition) is 0. The van der Waals surface area contributed by atoms with Crippen molar-refractivity contribution in [1.82, 2.24) is 14.8 Å². The second-order valence-corrected chi connectivity index (χ2v) is 13.5. The lowest BCUT2D eigenvalue weighted by atomic mass is 10.1. The van der Waals surface area contributed by atoms with Crippen molar-refractivity contribution in [1.29, 1.82) is 0 Å². The van der Waals surface area contributed by atoms with E-state index in [4.69, 9.17) is 25.8 Å². The second kappa shape index (κ2) is 20.0. The van der Waals surface area contributed by atoms with E-state index in [1.54, 1.807) is 42.5 Å². The molecule has 1 fully saturated rings. The lowest BCUT2D eigenvalue weighted by Crippen LogP contribution is -2.47. The summed E-state index contributed by atoms with van der Waals surface area (Å²) >= 11 is 6.61. The van der Waals surface area contributed by atoms with Gasteiger partial charge in [0, 0.05) is 51.3 Å². The number of pyridine rings is 1. The van der Waals surface area contributed by atoms with Crippen molar-refractivity contribution in [3.05, 3.63) is 148 Å². The average molecular weight is 791 g/mol. The Hall–Kier alpha value is -5.16. The van der Waals surface area contributed by atoms with Crippen LogP contribution >= 0.6 is 24.0 Å². The lowest BCUT2D eigenvalue weighted by Gasteiger charge is -2.34. The van der Waals surface area contributed by atoms with Gasteiger partial charge < -0.3 is 23.8 Å². The SMILES string of the molecule is Cc1ccc(OCCc2ccc(CN3CCN(C(=O)C=Cc4cc(C)c(Oc5ccc(OCc6ccc(OC(F)F)cc6)cn5)c(Cl)c4)CC3)cc2)cc1.Cl. The summed E-state index contributed by atoms with van der Waals surface area (Å²) < 4.78 is 46.7. The molecule has 0 saturated carbocycles. The zero-order valence-electron chi connectivity index (χ0n) is 30.6. The molecule has 1 aliphatic rings. The number of rotatable bonds is 15. The molecule has 288 valence electrons. The van der Waals surface area contributed by atoms with Crippen LogP contribution in [0.4, 0.5) is 8.78 Å². The van der Waals surface area contributed by atoms with Crippen molar-refractivity contribution >= 4 is 36.0 Å². The summed E-state index contributed by atoms with van der Waals surface area (Å²) in [6, 6.07) is 30.1. The van der Waals surface area contributed by atoms with E-state index in [1.165, 1.54) is 35.0 Å². The van der Waals surface area contributed by atoms with Crippen LogP contribution in [0.15, 0.2) is 109 Å². The van der Waals surface area contributed by atoms with Crippen LogP contribution < -0.4 is 18.9 Å². The van der Waals surface area contributed by atoms with Gasteiger partial charge in [-0.05, 0) is 90.2 Å². The molecule has 0 N–H and O–H groups in total. The number of carbonyl (C=O) groups is 1. The minimum Gasteiger partial charge on any atom is -0.493 e. The fourth-order valence-electron chi connectivity index (χ4n) is 5.92. The molecule has 55 heavy (non-hydrogen) atoms. The van der Waals surface area contributed by atoms with Crippen LogP contribution in [0.1, 0.15) is 33.4 Å². The molecule has 5 aromatic rings. The van der Waals surface area contributed by atoms with Crippen LogP contribution in [0.2, 0.25) is 5.02 Å². The maximum absolute atomic E-state index is 13.1. The number of amides is 1. The Labute approximate surface area is 331 Å². The van der Waals surface area contributed by atoms with Gasteiger partial charge in [-0.3, -0.25) is 9.69 Å². The highest BCUT2D eigenvalue weighted by Crippen LogP contribution is 2.34. The Morgan fingerprint density at radius 1 is 0.818 bits per heavy atom. The average Bonchev–Trinajstić information content (AvgIpc) is 3.17. The van der Waals surface area contributed by atoms with Crippen LogP contribution in [-0.4, -0.2) is 60.1 Å². The molecule has 1 amide bonds. The van der Waals surface area contributed by atoms with Crippen molar-refractivity contribution in [3.63, 3.8) is 0 Å². The largest absolute Gasteiger partial charge is 0.493 e. The lowest BCUT2D eigenvalue weighted by molar-refractivity contribution is -0.127. The van der Waals surface area contributed by atoms with Gasteiger partial charge in [-0.1, -0.05) is 65.7 Å². The van der Waals surface area contributed by atoms with E-state index in [0.717, 1.165) is 48.5 Å². The third kappa shape index (κ3) is 12.4. The predicted molar refractivity (Wildman–Crippen MR) is 213 cm³/mol. The molecule has 6 rings (SSSR count). The van der Waals surface area contributed by atoms with E-state index in [1.807, 2.05) is 30.0 Å². The highest BCUT2D eigenvalue weighted by molar-refractivity contribution is 6.32. The minimum absolute atomic E-state index is 0. The first kappa shape index (κ1) is 41.0. The summed E-state index contributed by atoms with van der Waals surface area (Å²) in [5.74, 6) is 2.24. The monoisotopic (exact) mass is 789 g/mol. The first-order valence-corrected chi connectivity index (χ1v) is 18.1. The Balaban J connectivity index is 0.00000580. The Kier molecular flexibility index (Phi) is 14.9. The number of carbonyl (C=O) groups excluding carboxylic acids is 1. The molecule has 8 nitrogen and oxygen atoms in total. The molecular formula is C43H43Cl2F2N3O5. The molecule has 0 unspecified atom stereocenters. The molecule has 0 bridgehead atoms. The van der Waals surface area contributed by atoms with Crippen molar-refractivity contribution in [2.24, 2.45) is 0 Å². The standard InChI is InChI=1S/C43H42ClF2N3O5.ClH/c1-30-3-12-36(13-4-30)51-24-19-32-5-7-33(8-6-32)28-48-20-22-49(23-21-48)41(50)18-11-35-25-31(2)42(39(44)26-35)54-40-17-16-38(27-47-40)52-29-34-9-14-37(15-10-34)53-43(45)46;/h3-18,25-27,43H,19-24,28-29H2,1-2H3;1H. The Morgan fingerprint density at radius 2 is 1.47 bits per heavy atom. The summed E-state index contributed by atoms with van der Waals surface area (Å²) in [7, 11) is 0.